The number of benzene rings is 1. The zero-order valence-electron chi connectivity index (χ0n) is 9.86. The zero-order chi connectivity index (χ0) is 11.4. The first-order valence-corrected chi connectivity index (χ1v) is 7.15. The molecular weight excluding hydrogens is 216 g/mol. The molecule has 2 rings (SSSR count). The Hall–Kier alpha value is -0.670. The topological polar surface area (TPSA) is 29.3 Å². The van der Waals surface area contributed by atoms with Crippen molar-refractivity contribution >= 4 is 17.4 Å². The van der Waals surface area contributed by atoms with Crippen LogP contribution < -0.4 is 10.6 Å². The van der Waals surface area contributed by atoms with Crippen molar-refractivity contribution in [1.82, 2.24) is 0 Å². The summed E-state index contributed by atoms with van der Waals surface area (Å²) in [6.45, 7) is 4.45. The second-order valence-corrected chi connectivity index (χ2v) is 5.40. The van der Waals surface area contributed by atoms with Crippen molar-refractivity contribution in [3.8, 4) is 0 Å². The molecule has 1 aliphatic rings. The highest BCUT2D eigenvalue weighted by molar-refractivity contribution is 7.99. The monoisotopic (exact) mass is 236 g/mol. The molecule has 0 bridgehead atoms. The van der Waals surface area contributed by atoms with Crippen LogP contribution in [-0.4, -0.2) is 24.6 Å². The zero-order valence-corrected chi connectivity index (χ0v) is 10.7. The van der Waals surface area contributed by atoms with Gasteiger partial charge < -0.3 is 10.6 Å². The van der Waals surface area contributed by atoms with E-state index in [4.69, 9.17) is 5.73 Å². The Bertz CT molecular complexity index is 334. The second-order valence-electron chi connectivity index (χ2n) is 4.17. The van der Waals surface area contributed by atoms with E-state index in [2.05, 4.69) is 36.1 Å². The van der Waals surface area contributed by atoms with Gasteiger partial charge in [-0.05, 0) is 18.1 Å². The van der Waals surface area contributed by atoms with Gasteiger partial charge in [0.1, 0.15) is 0 Å². The fraction of sp³-hybridized carbons (Fsp3) is 0.538. The van der Waals surface area contributed by atoms with Crippen LogP contribution in [0.4, 0.5) is 5.69 Å². The van der Waals surface area contributed by atoms with Crippen LogP contribution in [0.25, 0.3) is 0 Å². The standard InChI is InChI=1S/C13H20N2S/c1-2-12(14)11-5-3-4-6-13(11)15-7-9-16-10-8-15/h3-6,12H,2,7-10,14H2,1H3. The molecule has 1 aromatic rings. The predicted molar refractivity (Wildman–Crippen MR) is 73.2 cm³/mol. The number of rotatable bonds is 3. The minimum absolute atomic E-state index is 0.172. The van der Waals surface area contributed by atoms with Gasteiger partial charge in [-0.3, -0.25) is 0 Å². The van der Waals surface area contributed by atoms with Crippen LogP contribution in [0.1, 0.15) is 24.9 Å². The number of anilines is 1. The molecule has 1 saturated heterocycles. The van der Waals surface area contributed by atoms with E-state index in [0.29, 0.717) is 0 Å². The van der Waals surface area contributed by atoms with Gasteiger partial charge in [-0.25, -0.2) is 0 Å². The normalized spacial score (nSPS) is 18.5. The Morgan fingerprint density at radius 2 is 2.00 bits per heavy atom. The molecule has 2 N–H and O–H groups in total. The number of nitrogens with two attached hydrogens (primary N) is 1. The van der Waals surface area contributed by atoms with Gasteiger partial charge in [-0.15, -0.1) is 0 Å². The third-order valence-electron chi connectivity index (χ3n) is 3.13. The molecule has 3 heteroatoms. The first kappa shape index (κ1) is 11.8. The molecule has 0 spiro atoms. The highest BCUT2D eigenvalue weighted by Crippen LogP contribution is 2.28. The SMILES string of the molecule is CCC(N)c1ccccc1N1CCSCC1. The van der Waals surface area contributed by atoms with E-state index >= 15 is 0 Å². The van der Waals surface area contributed by atoms with Crippen LogP contribution >= 0.6 is 11.8 Å². The molecule has 2 nitrogen and oxygen atoms in total. The van der Waals surface area contributed by atoms with Crippen molar-refractivity contribution in [2.24, 2.45) is 5.73 Å². The number of hydrogen-bond acceptors (Lipinski definition) is 3. The maximum absolute atomic E-state index is 6.17. The highest BCUT2D eigenvalue weighted by atomic mass is 32.2. The van der Waals surface area contributed by atoms with Gasteiger partial charge in [-0.1, -0.05) is 25.1 Å². The third kappa shape index (κ3) is 2.53. The first-order valence-electron chi connectivity index (χ1n) is 6.00. The summed E-state index contributed by atoms with van der Waals surface area (Å²) in [6, 6.07) is 8.76. The number of hydrogen-bond donors (Lipinski definition) is 1. The van der Waals surface area contributed by atoms with Crippen molar-refractivity contribution in [1.29, 1.82) is 0 Å². The lowest BCUT2D eigenvalue weighted by Crippen LogP contribution is -2.33. The molecule has 0 aromatic heterocycles. The molecule has 1 unspecified atom stereocenters. The second kappa shape index (κ2) is 5.60. The maximum Gasteiger partial charge on any atom is 0.0415 e. The molecule has 1 aromatic carbocycles. The van der Waals surface area contributed by atoms with Gasteiger partial charge in [0, 0.05) is 36.3 Å². The summed E-state index contributed by atoms with van der Waals surface area (Å²) in [5, 5.41) is 0. The Morgan fingerprint density at radius 3 is 2.69 bits per heavy atom. The van der Waals surface area contributed by atoms with Gasteiger partial charge in [0.05, 0.1) is 0 Å². The molecule has 0 aliphatic carbocycles. The van der Waals surface area contributed by atoms with Crippen molar-refractivity contribution in [3.63, 3.8) is 0 Å². The Balaban J connectivity index is 2.24. The van der Waals surface area contributed by atoms with Crippen LogP contribution in [-0.2, 0) is 0 Å². The van der Waals surface area contributed by atoms with Gasteiger partial charge in [0.2, 0.25) is 0 Å². The van der Waals surface area contributed by atoms with E-state index in [1.165, 1.54) is 22.8 Å². The molecule has 0 radical (unpaired) electrons. The van der Waals surface area contributed by atoms with Crippen LogP contribution in [0.2, 0.25) is 0 Å². The Kier molecular flexibility index (Phi) is 4.13. The molecule has 0 saturated carbocycles. The average Bonchev–Trinajstić information content (AvgIpc) is 2.39. The molecule has 1 heterocycles. The van der Waals surface area contributed by atoms with Crippen molar-refractivity contribution in [3.05, 3.63) is 29.8 Å². The lowest BCUT2D eigenvalue weighted by molar-refractivity contribution is 0.692. The van der Waals surface area contributed by atoms with E-state index in [9.17, 15) is 0 Å². The summed E-state index contributed by atoms with van der Waals surface area (Å²) >= 11 is 2.04. The molecular formula is C13H20N2S. The highest BCUT2D eigenvalue weighted by Gasteiger charge is 2.16. The van der Waals surface area contributed by atoms with Crippen molar-refractivity contribution in [2.75, 3.05) is 29.5 Å². The van der Waals surface area contributed by atoms with E-state index in [-0.39, 0.29) is 6.04 Å². The summed E-state index contributed by atoms with van der Waals surface area (Å²) in [6.07, 6.45) is 1.000. The van der Waals surface area contributed by atoms with Crippen LogP contribution in [0.15, 0.2) is 24.3 Å². The number of thioether (sulfide) groups is 1. The lowest BCUT2D eigenvalue weighted by atomic mass is 10.0. The summed E-state index contributed by atoms with van der Waals surface area (Å²) in [7, 11) is 0. The largest absolute Gasteiger partial charge is 0.370 e. The Morgan fingerprint density at radius 1 is 1.31 bits per heavy atom. The molecule has 1 aliphatic heterocycles. The maximum atomic E-state index is 6.17. The van der Waals surface area contributed by atoms with E-state index < -0.39 is 0 Å². The lowest BCUT2D eigenvalue weighted by Gasteiger charge is -2.31. The summed E-state index contributed by atoms with van der Waals surface area (Å²) in [5.74, 6) is 2.46. The minimum Gasteiger partial charge on any atom is -0.370 e. The van der Waals surface area contributed by atoms with E-state index in [0.717, 1.165) is 19.5 Å². The smallest absolute Gasteiger partial charge is 0.0415 e. The Labute approximate surface area is 102 Å². The predicted octanol–water partition coefficient (Wildman–Crippen LogP) is 2.65. The summed E-state index contributed by atoms with van der Waals surface area (Å²) < 4.78 is 0. The number of para-hydroxylation sites is 1. The van der Waals surface area contributed by atoms with Crippen LogP contribution in [0.3, 0.4) is 0 Å². The minimum atomic E-state index is 0.172. The van der Waals surface area contributed by atoms with Gasteiger partial charge in [0.25, 0.3) is 0 Å². The molecule has 16 heavy (non-hydrogen) atoms. The molecule has 0 amide bonds. The number of nitrogens with zero attached hydrogens (tertiary/aromatic N) is 1. The van der Waals surface area contributed by atoms with E-state index in [1.807, 2.05) is 11.8 Å². The van der Waals surface area contributed by atoms with Crippen molar-refractivity contribution < 1.29 is 0 Å². The van der Waals surface area contributed by atoms with Crippen LogP contribution in [0, 0.1) is 0 Å². The fourth-order valence-electron chi connectivity index (χ4n) is 2.11. The summed E-state index contributed by atoms with van der Waals surface area (Å²) in [5.41, 5.74) is 8.82. The quantitative estimate of drug-likeness (QED) is 0.875. The third-order valence-corrected chi connectivity index (χ3v) is 4.07. The van der Waals surface area contributed by atoms with Gasteiger partial charge in [-0.2, -0.15) is 11.8 Å². The molecule has 1 fully saturated rings. The van der Waals surface area contributed by atoms with Gasteiger partial charge in [0.15, 0.2) is 0 Å². The van der Waals surface area contributed by atoms with Crippen molar-refractivity contribution in [2.45, 2.75) is 19.4 Å². The fourth-order valence-corrected chi connectivity index (χ4v) is 3.02. The average molecular weight is 236 g/mol. The first-order chi connectivity index (χ1) is 7.83. The molecule has 1 atom stereocenters. The van der Waals surface area contributed by atoms with Crippen LogP contribution in [0.5, 0.6) is 0 Å². The summed E-state index contributed by atoms with van der Waals surface area (Å²) in [4.78, 5) is 2.47. The molecule has 88 valence electrons. The van der Waals surface area contributed by atoms with Gasteiger partial charge >= 0.3 is 0 Å². The van der Waals surface area contributed by atoms with E-state index in [1.54, 1.807) is 0 Å².